The van der Waals surface area contributed by atoms with Crippen LogP contribution < -0.4 is 10.1 Å². The molecule has 0 spiro atoms. The van der Waals surface area contributed by atoms with Crippen LogP contribution in [0.25, 0.3) is 0 Å². The summed E-state index contributed by atoms with van der Waals surface area (Å²) in [6.45, 7) is 0. The average Bonchev–Trinajstić information content (AvgIpc) is 2.73. The number of nitrogens with one attached hydrogen (secondary N) is 1. The van der Waals surface area contributed by atoms with E-state index >= 15 is 0 Å². The van der Waals surface area contributed by atoms with Gasteiger partial charge in [-0.1, -0.05) is 56.7 Å². The maximum absolute atomic E-state index is 5.50. The van der Waals surface area contributed by atoms with Gasteiger partial charge in [-0.05, 0) is 25.5 Å². The van der Waals surface area contributed by atoms with Crippen molar-refractivity contribution < 1.29 is 4.74 Å². The number of para-hydroxylation sites is 1. The second-order valence-corrected chi connectivity index (χ2v) is 5.68. The summed E-state index contributed by atoms with van der Waals surface area (Å²) in [6.07, 6.45) is 9.70. The minimum Gasteiger partial charge on any atom is -0.496 e. The van der Waals surface area contributed by atoms with E-state index in [0.29, 0.717) is 6.04 Å². The molecule has 1 aliphatic rings. The summed E-state index contributed by atoms with van der Waals surface area (Å²) < 4.78 is 5.50. The van der Waals surface area contributed by atoms with Crippen LogP contribution in [-0.2, 0) is 0 Å². The second-order valence-electron chi connectivity index (χ2n) is 5.68. The van der Waals surface area contributed by atoms with E-state index in [1.165, 1.54) is 50.5 Å². The SMILES string of the molecule is CNC(CC1CCCCCC1)c1ccccc1OC. The van der Waals surface area contributed by atoms with Gasteiger partial charge in [-0.25, -0.2) is 0 Å². The summed E-state index contributed by atoms with van der Waals surface area (Å²) in [5, 5.41) is 3.48. The highest BCUT2D eigenvalue weighted by Gasteiger charge is 2.20. The first-order chi connectivity index (χ1) is 9.35. The van der Waals surface area contributed by atoms with E-state index in [1.807, 2.05) is 6.07 Å². The van der Waals surface area contributed by atoms with Crippen molar-refractivity contribution in [3.05, 3.63) is 29.8 Å². The fourth-order valence-electron chi connectivity index (χ4n) is 3.29. The lowest BCUT2D eigenvalue weighted by Crippen LogP contribution is -2.20. The van der Waals surface area contributed by atoms with Gasteiger partial charge < -0.3 is 10.1 Å². The van der Waals surface area contributed by atoms with Crippen LogP contribution in [0.2, 0.25) is 0 Å². The Hall–Kier alpha value is -1.02. The van der Waals surface area contributed by atoms with Crippen molar-refractivity contribution in [1.29, 1.82) is 0 Å². The predicted octanol–water partition coefficient (Wildman–Crippen LogP) is 4.32. The van der Waals surface area contributed by atoms with Crippen molar-refractivity contribution in [2.24, 2.45) is 5.92 Å². The van der Waals surface area contributed by atoms with Crippen LogP contribution >= 0.6 is 0 Å². The molecule has 1 aromatic carbocycles. The standard InChI is InChI=1S/C17H27NO/c1-18-16(13-14-9-5-3-4-6-10-14)15-11-7-8-12-17(15)19-2/h7-8,11-12,14,16,18H,3-6,9-10,13H2,1-2H3. The Bertz CT molecular complexity index is 369. The van der Waals surface area contributed by atoms with Gasteiger partial charge >= 0.3 is 0 Å². The zero-order valence-electron chi connectivity index (χ0n) is 12.3. The lowest BCUT2D eigenvalue weighted by Gasteiger charge is -2.24. The predicted molar refractivity (Wildman–Crippen MR) is 80.6 cm³/mol. The summed E-state index contributed by atoms with van der Waals surface area (Å²) in [4.78, 5) is 0. The molecule has 0 radical (unpaired) electrons. The van der Waals surface area contributed by atoms with Crippen molar-refractivity contribution in [2.75, 3.05) is 14.2 Å². The quantitative estimate of drug-likeness (QED) is 0.797. The van der Waals surface area contributed by atoms with E-state index in [9.17, 15) is 0 Å². The Morgan fingerprint density at radius 3 is 2.47 bits per heavy atom. The first-order valence-corrected chi connectivity index (χ1v) is 7.65. The molecule has 1 saturated carbocycles. The van der Waals surface area contributed by atoms with Crippen molar-refractivity contribution in [2.45, 2.75) is 51.0 Å². The molecule has 2 heteroatoms. The van der Waals surface area contributed by atoms with Crippen LogP contribution in [0.4, 0.5) is 0 Å². The fraction of sp³-hybridized carbons (Fsp3) is 0.647. The maximum atomic E-state index is 5.50. The van der Waals surface area contributed by atoms with E-state index in [2.05, 4.69) is 30.6 Å². The Kier molecular flexibility index (Phi) is 5.71. The molecule has 1 atom stereocenters. The third kappa shape index (κ3) is 3.97. The van der Waals surface area contributed by atoms with Crippen LogP contribution in [0.1, 0.15) is 56.6 Å². The number of methoxy groups -OCH3 is 1. The largest absolute Gasteiger partial charge is 0.496 e. The van der Waals surface area contributed by atoms with Crippen LogP contribution in [0.3, 0.4) is 0 Å². The molecule has 1 aliphatic carbocycles. The lowest BCUT2D eigenvalue weighted by atomic mass is 9.89. The highest BCUT2D eigenvalue weighted by molar-refractivity contribution is 5.35. The van der Waals surface area contributed by atoms with Gasteiger partial charge in [0.05, 0.1) is 7.11 Å². The molecule has 0 amide bonds. The Balaban J connectivity index is 2.06. The van der Waals surface area contributed by atoms with Gasteiger partial charge in [-0.2, -0.15) is 0 Å². The fourth-order valence-corrected chi connectivity index (χ4v) is 3.29. The summed E-state index contributed by atoms with van der Waals surface area (Å²) in [6, 6.07) is 8.82. The second kappa shape index (κ2) is 7.54. The topological polar surface area (TPSA) is 21.3 Å². The van der Waals surface area contributed by atoms with Gasteiger partial charge in [0.15, 0.2) is 0 Å². The van der Waals surface area contributed by atoms with Gasteiger partial charge in [0.1, 0.15) is 5.75 Å². The molecule has 1 fully saturated rings. The summed E-state index contributed by atoms with van der Waals surface area (Å²) >= 11 is 0. The third-order valence-electron chi connectivity index (χ3n) is 4.41. The van der Waals surface area contributed by atoms with Crippen LogP contribution in [0, 0.1) is 5.92 Å². The van der Waals surface area contributed by atoms with Gasteiger partial charge in [0, 0.05) is 11.6 Å². The molecular formula is C17H27NO. The minimum atomic E-state index is 0.416. The van der Waals surface area contributed by atoms with Gasteiger partial charge in [-0.15, -0.1) is 0 Å². The Morgan fingerprint density at radius 2 is 1.84 bits per heavy atom. The third-order valence-corrected chi connectivity index (χ3v) is 4.41. The van der Waals surface area contributed by atoms with Crippen LogP contribution in [0.15, 0.2) is 24.3 Å². The van der Waals surface area contributed by atoms with Crippen molar-refractivity contribution in [3.63, 3.8) is 0 Å². The number of ether oxygens (including phenoxy) is 1. The molecule has 0 aliphatic heterocycles. The lowest BCUT2D eigenvalue weighted by molar-refractivity contribution is 0.353. The summed E-state index contributed by atoms with van der Waals surface area (Å²) in [5.74, 6) is 1.88. The maximum Gasteiger partial charge on any atom is 0.123 e. The molecule has 0 saturated heterocycles. The smallest absolute Gasteiger partial charge is 0.123 e. The number of hydrogen-bond acceptors (Lipinski definition) is 2. The van der Waals surface area contributed by atoms with E-state index in [-0.39, 0.29) is 0 Å². The number of hydrogen-bond donors (Lipinski definition) is 1. The molecule has 2 rings (SSSR count). The number of rotatable bonds is 5. The number of benzene rings is 1. The van der Waals surface area contributed by atoms with E-state index in [0.717, 1.165) is 11.7 Å². The monoisotopic (exact) mass is 261 g/mol. The van der Waals surface area contributed by atoms with E-state index < -0.39 is 0 Å². The zero-order valence-corrected chi connectivity index (χ0v) is 12.3. The molecular weight excluding hydrogens is 234 g/mol. The van der Waals surface area contributed by atoms with Crippen LogP contribution in [-0.4, -0.2) is 14.2 Å². The molecule has 1 aromatic rings. The normalized spacial score (nSPS) is 18.8. The minimum absolute atomic E-state index is 0.416. The average molecular weight is 261 g/mol. The summed E-state index contributed by atoms with van der Waals surface area (Å²) in [7, 11) is 3.82. The highest BCUT2D eigenvalue weighted by atomic mass is 16.5. The summed E-state index contributed by atoms with van der Waals surface area (Å²) in [5.41, 5.74) is 1.30. The molecule has 2 nitrogen and oxygen atoms in total. The Morgan fingerprint density at radius 1 is 1.16 bits per heavy atom. The molecule has 19 heavy (non-hydrogen) atoms. The van der Waals surface area contributed by atoms with Gasteiger partial charge in [0.2, 0.25) is 0 Å². The molecule has 0 heterocycles. The first kappa shape index (κ1) is 14.4. The molecule has 1 N–H and O–H groups in total. The van der Waals surface area contributed by atoms with Gasteiger partial charge in [0.25, 0.3) is 0 Å². The first-order valence-electron chi connectivity index (χ1n) is 7.65. The molecule has 1 unspecified atom stereocenters. The van der Waals surface area contributed by atoms with Crippen molar-refractivity contribution in [3.8, 4) is 5.75 Å². The van der Waals surface area contributed by atoms with Crippen molar-refractivity contribution >= 4 is 0 Å². The zero-order chi connectivity index (χ0) is 13.5. The van der Waals surface area contributed by atoms with E-state index in [1.54, 1.807) is 7.11 Å². The molecule has 0 bridgehead atoms. The van der Waals surface area contributed by atoms with Crippen LogP contribution in [0.5, 0.6) is 5.75 Å². The van der Waals surface area contributed by atoms with Crippen molar-refractivity contribution in [1.82, 2.24) is 5.32 Å². The molecule has 106 valence electrons. The van der Waals surface area contributed by atoms with Gasteiger partial charge in [-0.3, -0.25) is 0 Å². The highest BCUT2D eigenvalue weighted by Crippen LogP contribution is 2.34. The van der Waals surface area contributed by atoms with E-state index in [4.69, 9.17) is 4.74 Å². The molecule has 0 aromatic heterocycles. The Labute approximate surface area is 117 Å².